The molecule has 4 rings (SSSR count). The summed E-state index contributed by atoms with van der Waals surface area (Å²) in [7, 11) is 0. The second-order valence-electron chi connectivity index (χ2n) is 9.05. The van der Waals surface area contributed by atoms with Crippen molar-refractivity contribution in [1.29, 1.82) is 0 Å². The van der Waals surface area contributed by atoms with E-state index in [-0.39, 0.29) is 23.4 Å². The number of hydrogen-bond acceptors (Lipinski definition) is 5. The Balaban J connectivity index is 0.000000429. The summed E-state index contributed by atoms with van der Waals surface area (Å²) in [6.07, 6.45) is -1.98. The molecule has 8 nitrogen and oxygen atoms in total. The SMILES string of the molecule is CC1(C)CN(C(=O)c2ccc(-c3ccc(C4CCC(=O)N4)cc3)nc2)CCN1.O=C(O)C(F)(F)F. The Hall–Kier alpha value is -3.47. The minimum absolute atomic E-state index is 0.0287. The highest BCUT2D eigenvalue weighted by atomic mass is 19.4. The van der Waals surface area contributed by atoms with E-state index in [0.717, 1.165) is 29.8 Å². The van der Waals surface area contributed by atoms with Crippen LogP contribution in [-0.2, 0) is 9.59 Å². The monoisotopic (exact) mass is 492 g/mol. The number of carboxylic acids is 1. The van der Waals surface area contributed by atoms with Crippen molar-refractivity contribution < 1.29 is 32.7 Å². The van der Waals surface area contributed by atoms with Crippen LogP contribution in [0.3, 0.4) is 0 Å². The number of halogens is 3. The zero-order valence-electron chi connectivity index (χ0n) is 19.4. The van der Waals surface area contributed by atoms with Gasteiger partial charge in [-0.15, -0.1) is 0 Å². The van der Waals surface area contributed by atoms with Crippen molar-refractivity contribution in [1.82, 2.24) is 20.5 Å². The molecule has 2 aliphatic rings. The number of nitrogens with zero attached hydrogens (tertiary/aromatic N) is 2. The number of aromatic nitrogens is 1. The van der Waals surface area contributed by atoms with Gasteiger partial charge in [-0.2, -0.15) is 13.2 Å². The van der Waals surface area contributed by atoms with Crippen LogP contribution in [0.25, 0.3) is 11.3 Å². The van der Waals surface area contributed by atoms with Crippen LogP contribution >= 0.6 is 0 Å². The van der Waals surface area contributed by atoms with Gasteiger partial charge in [0.25, 0.3) is 5.91 Å². The molecule has 188 valence electrons. The number of nitrogens with one attached hydrogen (secondary N) is 2. The van der Waals surface area contributed by atoms with Crippen molar-refractivity contribution in [3.63, 3.8) is 0 Å². The number of rotatable bonds is 3. The smallest absolute Gasteiger partial charge is 0.475 e. The lowest BCUT2D eigenvalue weighted by Crippen LogP contribution is -2.58. The fraction of sp³-hybridized carbons (Fsp3) is 0.417. The summed E-state index contributed by atoms with van der Waals surface area (Å²) in [5.74, 6) is -2.61. The molecule has 2 saturated heterocycles. The van der Waals surface area contributed by atoms with E-state index in [0.29, 0.717) is 25.1 Å². The summed E-state index contributed by atoms with van der Waals surface area (Å²) in [5.41, 5.74) is 3.49. The largest absolute Gasteiger partial charge is 0.490 e. The van der Waals surface area contributed by atoms with Gasteiger partial charge >= 0.3 is 12.1 Å². The lowest BCUT2D eigenvalue weighted by atomic mass is 10.0. The second-order valence-corrected chi connectivity index (χ2v) is 9.05. The molecule has 3 N–H and O–H groups in total. The Bertz CT molecular complexity index is 1070. The number of hydrogen-bond donors (Lipinski definition) is 3. The number of carbonyl (C=O) groups is 3. The van der Waals surface area contributed by atoms with Gasteiger partial charge in [-0.25, -0.2) is 4.79 Å². The molecule has 1 aromatic heterocycles. The summed E-state index contributed by atoms with van der Waals surface area (Å²) >= 11 is 0. The topological polar surface area (TPSA) is 112 Å². The van der Waals surface area contributed by atoms with Crippen LogP contribution in [0, 0.1) is 0 Å². The highest BCUT2D eigenvalue weighted by Gasteiger charge is 2.38. The van der Waals surface area contributed by atoms with Gasteiger partial charge in [0.1, 0.15) is 0 Å². The van der Waals surface area contributed by atoms with Crippen molar-refractivity contribution >= 4 is 17.8 Å². The standard InChI is InChI=1S/C22H26N4O2.C2HF3O2/c1-22(2)14-26(12-11-24-22)21(28)17-7-8-18(23-13-17)15-3-5-16(6-4-15)19-9-10-20(27)25-19;3-2(4,5)1(6)7/h3-8,13,19,24H,9-12,14H2,1-2H3,(H,25,27);(H,6,7). The number of amides is 2. The number of carbonyl (C=O) groups excluding carboxylic acids is 2. The second kappa shape index (κ2) is 10.4. The van der Waals surface area contributed by atoms with E-state index in [4.69, 9.17) is 9.90 Å². The maximum absolute atomic E-state index is 12.8. The first-order valence-corrected chi connectivity index (χ1v) is 11.1. The Morgan fingerprint density at radius 3 is 2.29 bits per heavy atom. The number of pyridine rings is 1. The maximum atomic E-state index is 12.8. The Morgan fingerprint density at radius 2 is 1.80 bits per heavy atom. The van der Waals surface area contributed by atoms with Gasteiger partial charge in [0.2, 0.25) is 5.91 Å². The van der Waals surface area contributed by atoms with E-state index in [2.05, 4.69) is 29.5 Å². The van der Waals surface area contributed by atoms with Crippen LogP contribution in [0.4, 0.5) is 13.2 Å². The molecule has 3 heterocycles. The van der Waals surface area contributed by atoms with Crippen LogP contribution in [0.2, 0.25) is 0 Å². The zero-order chi connectivity index (χ0) is 25.8. The van der Waals surface area contributed by atoms with Gasteiger partial charge in [-0.05, 0) is 38.0 Å². The van der Waals surface area contributed by atoms with E-state index < -0.39 is 12.1 Å². The third-order valence-corrected chi connectivity index (χ3v) is 5.72. The average Bonchev–Trinajstić information content (AvgIpc) is 3.24. The number of benzene rings is 1. The number of alkyl halides is 3. The molecule has 0 aliphatic carbocycles. The molecule has 2 aliphatic heterocycles. The van der Waals surface area contributed by atoms with E-state index in [1.54, 1.807) is 6.20 Å². The number of carboxylic acid groups (broad SMARTS) is 1. The molecule has 0 spiro atoms. The summed E-state index contributed by atoms with van der Waals surface area (Å²) in [6, 6.07) is 12.0. The summed E-state index contributed by atoms with van der Waals surface area (Å²) in [5, 5.41) is 13.5. The van der Waals surface area contributed by atoms with Crippen LogP contribution in [0.1, 0.15) is 48.7 Å². The molecule has 35 heavy (non-hydrogen) atoms. The molecule has 2 aromatic rings. The molecule has 0 saturated carbocycles. The predicted octanol–water partition coefficient (Wildman–Crippen LogP) is 3.16. The summed E-state index contributed by atoms with van der Waals surface area (Å²) < 4.78 is 31.7. The highest BCUT2D eigenvalue weighted by molar-refractivity contribution is 5.94. The third kappa shape index (κ3) is 7.01. The number of piperazine rings is 1. The average molecular weight is 492 g/mol. The van der Waals surface area contributed by atoms with Gasteiger partial charge in [0.15, 0.2) is 0 Å². The molecule has 2 fully saturated rings. The fourth-order valence-corrected chi connectivity index (χ4v) is 3.94. The molecule has 1 atom stereocenters. The molecule has 0 radical (unpaired) electrons. The lowest BCUT2D eigenvalue weighted by Gasteiger charge is -2.39. The highest BCUT2D eigenvalue weighted by Crippen LogP contribution is 2.26. The molecule has 1 unspecified atom stereocenters. The third-order valence-electron chi connectivity index (χ3n) is 5.72. The van der Waals surface area contributed by atoms with Gasteiger partial charge in [0, 0.05) is 43.4 Å². The molecular weight excluding hydrogens is 465 g/mol. The van der Waals surface area contributed by atoms with E-state index >= 15 is 0 Å². The zero-order valence-corrected chi connectivity index (χ0v) is 19.4. The number of aliphatic carboxylic acids is 1. The predicted molar refractivity (Wildman–Crippen MR) is 121 cm³/mol. The molecular formula is C24H27F3N4O4. The minimum atomic E-state index is -5.08. The van der Waals surface area contributed by atoms with Gasteiger partial charge < -0.3 is 20.6 Å². The van der Waals surface area contributed by atoms with Crippen molar-refractivity contribution in [2.24, 2.45) is 0 Å². The van der Waals surface area contributed by atoms with Gasteiger partial charge in [-0.1, -0.05) is 24.3 Å². The quantitative estimate of drug-likeness (QED) is 0.607. The van der Waals surface area contributed by atoms with Crippen LogP contribution in [0.15, 0.2) is 42.6 Å². The first-order chi connectivity index (χ1) is 16.4. The Morgan fingerprint density at radius 1 is 1.14 bits per heavy atom. The van der Waals surface area contributed by atoms with Crippen molar-refractivity contribution in [2.75, 3.05) is 19.6 Å². The Labute approximate surface area is 200 Å². The molecule has 0 bridgehead atoms. The lowest BCUT2D eigenvalue weighted by molar-refractivity contribution is -0.192. The van der Waals surface area contributed by atoms with E-state index in [1.165, 1.54) is 0 Å². The van der Waals surface area contributed by atoms with Crippen LogP contribution in [0.5, 0.6) is 0 Å². The van der Waals surface area contributed by atoms with Crippen molar-refractivity contribution in [3.05, 3.63) is 53.7 Å². The van der Waals surface area contributed by atoms with Crippen molar-refractivity contribution in [3.8, 4) is 11.3 Å². The fourth-order valence-electron chi connectivity index (χ4n) is 3.94. The Kier molecular flexibility index (Phi) is 7.79. The molecule has 1 aromatic carbocycles. The first-order valence-electron chi connectivity index (χ1n) is 11.1. The normalized spacial score (nSPS) is 19.4. The minimum Gasteiger partial charge on any atom is -0.475 e. The van der Waals surface area contributed by atoms with Crippen LogP contribution < -0.4 is 10.6 Å². The van der Waals surface area contributed by atoms with Crippen molar-refractivity contribution in [2.45, 2.75) is 44.4 Å². The first kappa shape index (κ1) is 26.1. The van der Waals surface area contributed by atoms with E-state index in [9.17, 15) is 22.8 Å². The van der Waals surface area contributed by atoms with Gasteiger partial charge in [-0.3, -0.25) is 14.6 Å². The molecule has 2 amide bonds. The molecule has 11 heteroatoms. The van der Waals surface area contributed by atoms with Gasteiger partial charge in [0.05, 0.1) is 17.3 Å². The maximum Gasteiger partial charge on any atom is 0.490 e. The van der Waals surface area contributed by atoms with Crippen LogP contribution in [-0.4, -0.2) is 64.1 Å². The summed E-state index contributed by atoms with van der Waals surface area (Å²) in [6.45, 7) is 6.41. The summed E-state index contributed by atoms with van der Waals surface area (Å²) in [4.78, 5) is 39.5. The van der Waals surface area contributed by atoms with E-state index in [1.807, 2.05) is 41.3 Å².